The maximum absolute atomic E-state index is 14.0. The molecule has 0 aliphatic carbocycles. The number of halogens is 3. The zero-order valence-electron chi connectivity index (χ0n) is 73.8. The van der Waals surface area contributed by atoms with Gasteiger partial charge >= 0.3 is 0 Å². The number of fused-ring (bicyclic) bond motifs is 10. The predicted octanol–water partition coefficient (Wildman–Crippen LogP) is 16.0. The van der Waals surface area contributed by atoms with Crippen LogP contribution in [0.25, 0.3) is 61.4 Å². The lowest BCUT2D eigenvalue weighted by molar-refractivity contribution is 0.0932. The maximum Gasteiger partial charge on any atom is 0.257 e. The molecule has 0 spiro atoms. The second-order valence-corrected chi connectivity index (χ2v) is 32.1. The smallest absolute Gasteiger partial charge is 0.257 e. The third-order valence-electron chi connectivity index (χ3n) is 22.4. The minimum absolute atomic E-state index is 0.0631. The largest absolute Gasteiger partial charge is 0.491 e. The molecule has 10 aromatic heterocycles. The van der Waals surface area contributed by atoms with Gasteiger partial charge in [-0.05, 0) is 147 Å². The van der Waals surface area contributed by atoms with Gasteiger partial charge in [-0.15, -0.1) is 0 Å². The van der Waals surface area contributed by atoms with Gasteiger partial charge in [-0.2, -0.15) is 20.4 Å². The minimum atomic E-state index is -0.478. The number of hydrogen-bond donors (Lipinski definition) is 11. The van der Waals surface area contributed by atoms with Crippen molar-refractivity contribution in [2.24, 2.45) is 0 Å². The zero-order chi connectivity index (χ0) is 91.7. The number of carbonyl (C=O) groups excluding carboxylic acids is 1. The molecule has 10 bridgehead atoms. The number of carbonyl (C=O) groups is 1. The van der Waals surface area contributed by atoms with Gasteiger partial charge in [0.15, 0.2) is 28.2 Å². The van der Waals surface area contributed by atoms with Crippen molar-refractivity contribution in [1.29, 1.82) is 0 Å². The number of hydrogen-bond acceptors (Lipinski definition) is 25. The molecule has 0 unspecified atom stereocenters. The lowest BCUT2D eigenvalue weighted by Crippen LogP contribution is -2.34. The topological polar surface area (TPSA) is 350 Å². The van der Waals surface area contributed by atoms with Crippen LogP contribution in [0.15, 0.2) is 203 Å². The minimum Gasteiger partial charge on any atom is -0.491 e. The van der Waals surface area contributed by atoms with Gasteiger partial charge in [0.25, 0.3) is 5.91 Å². The van der Waals surface area contributed by atoms with Crippen LogP contribution in [0, 0.1) is 30.9 Å². The van der Waals surface area contributed by atoms with Crippen molar-refractivity contribution in [2.75, 3.05) is 79.1 Å². The molecule has 5 aliphatic heterocycles. The third-order valence-corrected chi connectivity index (χ3v) is 22.4. The monoisotopic (exact) mass is 1770 g/mol. The van der Waals surface area contributed by atoms with Gasteiger partial charge in [0.05, 0.1) is 91.0 Å². The van der Waals surface area contributed by atoms with E-state index in [0.29, 0.717) is 132 Å². The Morgan fingerprint density at radius 2 is 0.924 bits per heavy atom. The lowest BCUT2D eigenvalue weighted by Gasteiger charge is -2.22. The molecule has 131 heavy (non-hydrogen) atoms. The summed E-state index contributed by atoms with van der Waals surface area (Å²) in [7, 11) is 0. The first-order valence-corrected chi connectivity index (χ1v) is 43.1. The Kier molecular flexibility index (Phi) is 26.5. The number of ether oxygens (including phenoxy) is 5. The molecule has 0 saturated carbocycles. The first kappa shape index (κ1) is 88.5. The van der Waals surface area contributed by atoms with Gasteiger partial charge in [-0.25, -0.2) is 67.7 Å². The average Bonchev–Trinajstić information content (AvgIpc) is 1.59. The molecule has 0 radical (unpaired) electrons. The molecule has 1 amide bonds. The van der Waals surface area contributed by atoms with E-state index in [-0.39, 0.29) is 72.4 Å². The van der Waals surface area contributed by atoms with Crippen LogP contribution >= 0.6 is 0 Å². The highest BCUT2D eigenvalue weighted by Crippen LogP contribution is 2.38. The molecule has 8 atom stereocenters. The Bertz CT molecular complexity index is 6840. The summed E-state index contributed by atoms with van der Waals surface area (Å²) >= 11 is 0. The van der Waals surface area contributed by atoms with Crippen LogP contribution in [-0.2, 0) is 6.42 Å². The number of aromatic nitrogens is 15. The standard InChI is InChI=1S/C20H19FN6O.C20H22FN5O2.C19H20FN5O.C19H21N5O.C18H19N5O/c1-12-9-23-13(2)16-10-24-27-7-6-19(26-20(16)27)25-17(11-22-3)15-8-14(21)4-5-18(15)28-12;1-4-15-18-19-24-17(7-8-26(19)25-15)23-12(3)14-9-13(21)5-6-16(14)28-11(2)10-22-20(18)27;1-10-7-21-11(2)15-8-22-19-18(15)25-17(9-23-19)24-12(3)14-6-13(20)4-5-16(14)26-10;1-12-11-24-19-16(10-21-24)13(2)20-8-9-25-17-7-5-4-6-15(17)14(3)22-18(12)23-19;1-12-15-11-20-23-9-7-17(22-18(15)23)21-13(2)14-5-3-4-6-16(14)24-10-8-19-12/h4-8,10,12,17,23H,2,9,11H2,1H3,(H,25,26);5-9,11-12H,4,10H2,1-3H3,(H,22,27)(H,23,24);4-6,8-10,12,21H,2,7H2,1,3H3,(H,22,23)(H,24,25);4-7,10-11,14,20H,2,8-9H2,1,3H3,(H,22,23);3-7,9,11,13,19H,1,8,10H2,2H3,(H,21,22)/t12-,17+;11-,12+;10-,12+;14-;13-/m00011/s1. The summed E-state index contributed by atoms with van der Waals surface area (Å²) < 4.78 is 78.5. The van der Waals surface area contributed by atoms with E-state index in [2.05, 4.69) is 156 Å². The molecule has 11 N–H and O–H groups in total. The molecule has 0 saturated heterocycles. The van der Waals surface area contributed by atoms with E-state index in [1.54, 1.807) is 85.6 Å². The molecular weight excluding hydrogens is 1670 g/mol. The zero-order valence-corrected chi connectivity index (χ0v) is 73.8. The SMILES string of the molecule is C=C1NCCOc2ccccc2[C@@H](C)Nc2ccn3ncc1c3n2.C=C1NCCOc2ccccc2[C@@H](C)Nc2nc3c1cnn3cc2C.C=C1NC[C@H](C)Oc2ccc(F)cc2[C@@H](C)Nc2cnc3[nH]cc1c3n2.CCc1nn2ccc3nc2c1C(=O)NC[C@H](C)Oc1ccc(F)cc1[C@@H](C)N3.[C-]#[N+]C[C@H]1Nc2ccn3ncc(c3n2)C(=C)NC[C@H](C)Oc2ccc(F)cc21. The average molecular weight is 1770 g/mol. The molecule has 15 aromatic rings. The predicted molar refractivity (Wildman–Crippen MR) is 500 cm³/mol. The summed E-state index contributed by atoms with van der Waals surface area (Å²) in [6.07, 6.45) is 16.2. The van der Waals surface area contributed by atoms with Gasteiger partial charge in [-0.1, -0.05) is 69.6 Å². The fourth-order valence-electron chi connectivity index (χ4n) is 15.6. The number of amides is 1. The van der Waals surface area contributed by atoms with Gasteiger partial charge in [0.2, 0.25) is 6.54 Å². The summed E-state index contributed by atoms with van der Waals surface area (Å²) in [5, 5.41) is 50.3. The fourth-order valence-corrected chi connectivity index (χ4v) is 15.6. The Labute approximate surface area is 753 Å². The van der Waals surface area contributed by atoms with Crippen molar-refractivity contribution in [2.45, 2.75) is 117 Å². The van der Waals surface area contributed by atoms with Crippen molar-refractivity contribution in [1.82, 2.24) is 99.9 Å². The highest BCUT2D eigenvalue weighted by Gasteiger charge is 2.29. The van der Waals surface area contributed by atoms with Crippen molar-refractivity contribution < 1.29 is 41.7 Å². The van der Waals surface area contributed by atoms with Crippen LogP contribution in [0.2, 0.25) is 0 Å². The lowest BCUT2D eigenvalue weighted by atomic mass is 10.1. The molecule has 20 rings (SSSR count). The Morgan fingerprint density at radius 3 is 1.47 bits per heavy atom. The summed E-state index contributed by atoms with van der Waals surface area (Å²) in [6, 6.07) is 34.1. The van der Waals surface area contributed by atoms with Gasteiger partial charge in [0, 0.05) is 106 Å². The van der Waals surface area contributed by atoms with Crippen LogP contribution in [0.4, 0.5) is 42.3 Å². The van der Waals surface area contributed by atoms with Crippen LogP contribution in [0.3, 0.4) is 0 Å². The Balaban J connectivity index is 0.000000120. The van der Waals surface area contributed by atoms with Gasteiger partial charge in [-0.3, -0.25) is 4.79 Å². The Morgan fingerprint density at radius 1 is 0.473 bits per heavy atom. The summed E-state index contributed by atoms with van der Waals surface area (Å²) in [4.78, 5) is 47.3. The molecule has 15 heterocycles. The number of nitrogens with one attached hydrogen (secondary N) is 11. The molecule has 32 nitrogen and oxygen atoms in total. The maximum atomic E-state index is 14.0. The second-order valence-electron chi connectivity index (χ2n) is 32.1. The van der Waals surface area contributed by atoms with Gasteiger partial charge in [0.1, 0.15) is 124 Å². The highest BCUT2D eigenvalue weighted by molar-refractivity contribution is 6.01. The first-order chi connectivity index (χ1) is 63.4. The van der Waals surface area contributed by atoms with E-state index in [9.17, 15) is 18.0 Å². The molecule has 5 aromatic carbocycles. The summed E-state index contributed by atoms with van der Waals surface area (Å²) in [5.74, 6) is 5.59. The molecule has 0 fully saturated rings. The summed E-state index contributed by atoms with van der Waals surface area (Å²) in [5.41, 5.74) is 16.9. The van der Waals surface area contributed by atoms with Crippen LogP contribution in [-0.4, -0.2) is 150 Å². The first-order valence-electron chi connectivity index (χ1n) is 43.1. The van der Waals surface area contributed by atoms with E-state index in [0.717, 1.165) is 102 Å². The third kappa shape index (κ3) is 20.1. The van der Waals surface area contributed by atoms with E-state index in [1.165, 1.54) is 36.4 Å². The number of H-pyrrole nitrogens is 1. The van der Waals surface area contributed by atoms with Crippen molar-refractivity contribution in [3.05, 3.63) is 299 Å². The highest BCUT2D eigenvalue weighted by atomic mass is 19.1. The van der Waals surface area contributed by atoms with Crippen LogP contribution < -0.4 is 76.9 Å². The van der Waals surface area contributed by atoms with Crippen LogP contribution in [0.1, 0.15) is 157 Å². The quantitative estimate of drug-likeness (QED) is 0.0716. The number of aryl methyl sites for hydroxylation is 2. The van der Waals surface area contributed by atoms with Crippen molar-refractivity contribution in [3.8, 4) is 28.7 Å². The van der Waals surface area contributed by atoms with Gasteiger partial charge < -0.3 is 86.7 Å². The Hall–Kier alpha value is -15.9. The van der Waals surface area contributed by atoms with E-state index < -0.39 is 6.04 Å². The number of anilines is 5. The number of para-hydroxylation sites is 2. The fraction of sp³-hybridized carbons (Fsp3) is 0.271. The summed E-state index contributed by atoms with van der Waals surface area (Å²) in [6.45, 7) is 45.4. The second kappa shape index (κ2) is 39.1. The van der Waals surface area contributed by atoms with Crippen molar-refractivity contribution >= 4 is 91.5 Å². The number of aromatic amines is 1. The molecule has 672 valence electrons. The number of rotatable bonds is 2. The van der Waals surface area contributed by atoms with Crippen molar-refractivity contribution in [3.63, 3.8) is 0 Å². The number of nitrogens with zero attached hydrogens (tertiary/aromatic N) is 15. The number of benzene rings is 5. The van der Waals surface area contributed by atoms with E-state index in [1.807, 2.05) is 110 Å². The molecule has 5 aliphatic rings. The van der Waals surface area contributed by atoms with E-state index >= 15 is 0 Å². The normalized spacial score (nSPS) is 18.9. The molecule has 35 heteroatoms. The van der Waals surface area contributed by atoms with E-state index in [4.69, 9.17) is 40.2 Å². The molecular formula is C96H101F3N26O6. The van der Waals surface area contributed by atoms with Crippen LogP contribution in [0.5, 0.6) is 28.7 Å².